The van der Waals surface area contributed by atoms with Crippen molar-refractivity contribution in [1.82, 2.24) is 5.32 Å². The summed E-state index contributed by atoms with van der Waals surface area (Å²) in [4.78, 5) is 14.7. The van der Waals surface area contributed by atoms with Crippen molar-refractivity contribution in [3.63, 3.8) is 0 Å². The quantitative estimate of drug-likeness (QED) is 0.632. The molecular formula is C24H26N2O5. The average molecular weight is 422 g/mol. The lowest BCUT2D eigenvalue weighted by Crippen LogP contribution is -2.43. The highest BCUT2D eigenvalue weighted by Crippen LogP contribution is 2.35. The molecule has 162 valence electrons. The Balaban J connectivity index is 1.59. The molecule has 1 saturated heterocycles. The minimum atomic E-state index is -0.353. The second-order valence-corrected chi connectivity index (χ2v) is 7.90. The number of piperidine rings is 1. The summed E-state index contributed by atoms with van der Waals surface area (Å²) in [6.45, 7) is 3.67. The summed E-state index contributed by atoms with van der Waals surface area (Å²) in [6, 6.07) is 13.5. The predicted octanol–water partition coefficient (Wildman–Crippen LogP) is 3.33. The van der Waals surface area contributed by atoms with E-state index in [0.717, 1.165) is 59.8 Å². The van der Waals surface area contributed by atoms with Crippen LogP contribution in [0, 0.1) is 0 Å². The van der Waals surface area contributed by atoms with E-state index in [-0.39, 0.29) is 5.63 Å². The standard InChI is InChI=1S/C24H26N2O5/c1-28-18-3-5-21-19(13-18)20(14-24(27)31-21)26(17-6-8-25-9-7-17)15-16-2-4-22-23(12-16)30-11-10-29-22/h2-5,12-14,17,25H,6-11,15H2,1H3. The molecule has 2 aromatic carbocycles. The number of nitrogens with zero attached hydrogens (tertiary/aromatic N) is 1. The zero-order chi connectivity index (χ0) is 21.2. The number of anilines is 1. The molecule has 0 radical (unpaired) electrons. The zero-order valence-corrected chi connectivity index (χ0v) is 17.6. The molecule has 0 amide bonds. The van der Waals surface area contributed by atoms with Gasteiger partial charge in [0.2, 0.25) is 0 Å². The molecule has 1 aromatic heterocycles. The molecule has 1 fully saturated rings. The van der Waals surface area contributed by atoms with Gasteiger partial charge in [-0.2, -0.15) is 0 Å². The summed E-state index contributed by atoms with van der Waals surface area (Å²) in [5.41, 5.74) is 2.18. The van der Waals surface area contributed by atoms with Crippen molar-refractivity contribution in [3.05, 3.63) is 58.4 Å². The minimum absolute atomic E-state index is 0.297. The van der Waals surface area contributed by atoms with Gasteiger partial charge in [0.05, 0.1) is 12.8 Å². The Hall–Kier alpha value is -3.19. The smallest absolute Gasteiger partial charge is 0.338 e. The minimum Gasteiger partial charge on any atom is -0.497 e. The van der Waals surface area contributed by atoms with Gasteiger partial charge in [-0.1, -0.05) is 6.07 Å². The number of hydrogen-bond donors (Lipinski definition) is 1. The monoisotopic (exact) mass is 422 g/mol. The van der Waals surface area contributed by atoms with E-state index in [4.69, 9.17) is 18.6 Å². The molecule has 0 bridgehead atoms. The van der Waals surface area contributed by atoms with Gasteiger partial charge >= 0.3 is 5.63 Å². The number of fused-ring (bicyclic) bond motifs is 2. The number of methoxy groups -OCH3 is 1. The first-order valence-electron chi connectivity index (χ1n) is 10.7. The third kappa shape index (κ3) is 4.05. The van der Waals surface area contributed by atoms with Gasteiger partial charge < -0.3 is 28.8 Å². The van der Waals surface area contributed by atoms with E-state index in [9.17, 15) is 4.79 Å². The molecule has 7 heteroatoms. The van der Waals surface area contributed by atoms with Crippen LogP contribution in [0.25, 0.3) is 11.0 Å². The van der Waals surface area contributed by atoms with Crippen molar-refractivity contribution < 1.29 is 18.6 Å². The Bertz CT molecular complexity index is 1140. The van der Waals surface area contributed by atoms with Crippen LogP contribution in [0.2, 0.25) is 0 Å². The largest absolute Gasteiger partial charge is 0.497 e. The van der Waals surface area contributed by atoms with E-state index in [1.54, 1.807) is 19.2 Å². The number of rotatable bonds is 5. The van der Waals surface area contributed by atoms with Gasteiger partial charge in [-0.15, -0.1) is 0 Å². The van der Waals surface area contributed by atoms with Gasteiger partial charge in [0.15, 0.2) is 11.5 Å². The molecule has 0 spiro atoms. The molecule has 0 aliphatic carbocycles. The summed E-state index contributed by atoms with van der Waals surface area (Å²) in [7, 11) is 1.64. The highest BCUT2D eigenvalue weighted by Gasteiger charge is 2.25. The molecule has 0 saturated carbocycles. The molecule has 3 aromatic rings. The first-order chi connectivity index (χ1) is 15.2. The second kappa shape index (κ2) is 8.51. The van der Waals surface area contributed by atoms with Crippen molar-refractivity contribution >= 4 is 16.7 Å². The highest BCUT2D eigenvalue weighted by atomic mass is 16.6. The van der Waals surface area contributed by atoms with Crippen LogP contribution in [-0.2, 0) is 6.54 Å². The van der Waals surface area contributed by atoms with E-state index in [1.165, 1.54) is 0 Å². The molecule has 0 unspecified atom stereocenters. The first kappa shape index (κ1) is 19.8. The molecule has 7 nitrogen and oxygen atoms in total. The second-order valence-electron chi connectivity index (χ2n) is 7.90. The molecule has 31 heavy (non-hydrogen) atoms. The average Bonchev–Trinajstić information content (AvgIpc) is 2.82. The van der Waals surface area contributed by atoms with Gasteiger partial charge in [-0.25, -0.2) is 4.79 Å². The zero-order valence-electron chi connectivity index (χ0n) is 17.6. The van der Waals surface area contributed by atoms with Crippen molar-refractivity contribution in [3.8, 4) is 17.2 Å². The fourth-order valence-corrected chi connectivity index (χ4v) is 4.40. The van der Waals surface area contributed by atoms with E-state index in [2.05, 4.69) is 16.3 Å². The van der Waals surface area contributed by atoms with Gasteiger partial charge in [0.1, 0.15) is 24.5 Å². The lowest BCUT2D eigenvalue weighted by molar-refractivity contribution is 0.171. The van der Waals surface area contributed by atoms with Crippen LogP contribution in [-0.4, -0.2) is 39.5 Å². The van der Waals surface area contributed by atoms with E-state index >= 15 is 0 Å². The van der Waals surface area contributed by atoms with Crippen molar-refractivity contribution in [1.29, 1.82) is 0 Å². The third-order valence-electron chi connectivity index (χ3n) is 5.95. The molecule has 1 N–H and O–H groups in total. The van der Waals surface area contributed by atoms with Crippen LogP contribution in [0.1, 0.15) is 18.4 Å². The molecule has 5 rings (SSSR count). The summed E-state index contributed by atoms with van der Waals surface area (Å²) < 4.78 is 22.4. The molecule has 2 aliphatic heterocycles. The Morgan fingerprint density at radius 1 is 1.03 bits per heavy atom. The van der Waals surface area contributed by atoms with E-state index in [1.807, 2.05) is 24.3 Å². The number of benzene rings is 2. The van der Waals surface area contributed by atoms with Crippen molar-refractivity contribution in [2.24, 2.45) is 0 Å². The summed E-state index contributed by atoms with van der Waals surface area (Å²) in [6.07, 6.45) is 1.99. The first-order valence-corrected chi connectivity index (χ1v) is 10.7. The van der Waals surface area contributed by atoms with Crippen molar-refractivity contribution in [2.45, 2.75) is 25.4 Å². The topological polar surface area (TPSA) is 73.2 Å². The molecular weight excluding hydrogens is 396 g/mol. The fourth-order valence-electron chi connectivity index (χ4n) is 4.40. The SMILES string of the molecule is COc1ccc2oc(=O)cc(N(Cc3ccc4c(c3)OCCO4)C3CCNCC3)c2c1. The lowest BCUT2D eigenvalue weighted by atomic mass is 10.0. The molecule has 0 atom stereocenters. The third-order valence-corrected chi connectivity index (χ3v) is 5.95. The van der Waals surface area contributed by atoms with Gasteiger partial charge in [0, 0.05) is 24.0 Å². The van der Waals surface area contributed by atoms with Crippen LogP contribution in [0.5, 0.6) is 17.2 Å². The number of nitrogens with one attached hydrogen (secondary N) is 1. The Kier molecular flexibility index (Phi) is 5.42. The molecule has 2 aliphatic rings. The van der Waals surface area contributed by atoms with Crippen LogP contribution in [0.4, 0.5) is 5.69 Å². The molecule has 3 heterocycles. The summed E-state index contributed by atoms with van der Waals surface area (Å²) in [5, 5.41) is 4.30. The summed E-state index contributed by atoms with van der Waals surface area (Å²) >= 11 is 0. The maximum Gasteiger partial charge on any atom is 0.338 e. The van der Waals surface area contributed by atoms with Crippen molar-refractivity contribution in [2.75, 3.05) is 38.3 Å². The maximum absolute atomic E-state index is 12.4. The van der Waals surface area contributed by atoms with Crippen LogP contribution in [0.15, 0.2) is 51.7 Å². The Morgan fingerprint density at radius 3 is 2.65 bits per heavy atom. The van der Waals surface area contributed by atoms with Crippen LogP contribution in [0.3, 0.4) is 0 Å². The number of hydrogen-bond acceptors (Lipinski definition) is 7. The Labute approximate surface area is 180 Å². The van der Waals surface area contributed by atoms with Gasteiger partial charge in [0.25, 0.3) is 0 Å². The normalized spacial score (nSPS) is 16.3. The fraction of sp³-hybridized carbons (Fsp3) is 0.375. The number of ether oxygens (including phenoxy) is 3. The van der Waals surface area contributed by atoms with Gasteiger partial charge in [-0.3, -0.25) is 0 Å². The van der Waals surface area contributed by atoms with Crippen LogP contribution < -0.4 is 30.1 Å². The Morgan fingerprint density at radius 2 is 1.84 bits per heavy atom. The predicted molar refractivity (Wildman–Crippen MR) is 119 cm³/mol. The highest BCUT2D eigenvalue weighted by molar-refractivity contribution is 5.91. The van der Waals surface area contributed by atoms with Crippen LogP contribution >= 0.6 is 0 Å². The maximum atomic E-state index is 12.4. The van der Waals surface area contributed by atoms with E-state index < -0.39 is 0 Å². The van der Waals surface area contributed by atoms with Gasteiger partial charge in [-0.05, 0) is 61.8 Å². The van der Waals surface area contributed by atoms with E-state index in [0.29, 0.717) is 31.4 Å². The lowest BCUT2D eigenvalue weighted by Gasteiger charge is -2.37. The summed E-state index contributed by atoms with van der Waals surface area (Å²) in [5.74, 6) is 2.28.